The lowest BCUT2D eigenvalue weighted by atomic mass is 10.1. The number of alkyl halides is 3. The molecule has 0 N–H and O–H groups in total. The van der Waals surface area contributed by atoms with Gasteiger partial charge in [-0.1, -0.05) is 18.2 Å². The van der Waals surface area contributed by atoms with Gasteiger partial charge in [-0.2, -0.15) is 13.2 Å². The standard InChI is InChI=1S/C21H11F4NO3/c22-15-6-2-4-13(10-15)19-26-17(20(27)29-19)11-16-7-8-18(28-16)12-3-1-5-14(9-12)21(23,24)25/h1-11H/b17-11-. The molecule has 0 spiro atoms. The van der Waals surface area contributed by atoms with Crippen LogP contribution in [0, 0.1) is 5.82 Å². The topological polar surface area (TPSA) is 51.8 Å². The highest BCUT2D eigenvalue weighted by Gasteiger charge is 2.30. The van der Waals surface area contributed by atoms with E-state index in [1.165, 1.54) is 54.6 Å². The third-order valence-electron chi connectivity index (χ3n) is 4.07. The normalized spacial score (nSPS) is 15.5. The molecular formula is C21H11F4NO3. The average molecular weight is 401 g/mol. The predicted molar refractivity (Wildman–Crippen MR) is 96.2 cm³/mol. The molecule has 3 aromatic rings. The Morgan fingerprint density at radius 2 is 1.69 bits per heavy atom. The van der Waals surface area contributed by atoms with Crippen LogP contribution in [0.15, 0.2) is 75.8 Å². The quantitative estimate of drug-likeness (QED) is 0.333. The summed E-state index contributed by atoms with van der Waals surface area (Å²) in [6.07, 6.45) is -3.17. The van der Waals surface area contributed by atoms with Crippen molar-refractivity contribution in [2.75, 3.05) is 0 Å². The summed E-state index contributed by atoms with van der Waals surface area (Å²) in [6, 6.07) is 13.1. The number of nitrogens with zero attached hydrogens (tertiary/aromatic N) is 1. The van der Waals surface area contributed by atoms with Crippen LogP contribution in [0.1, 0.15) is 16.9 Å². The van der Waals surface area contributed by atoms with Crippen LogP contribution in [0.4, 0.5) is 17.6 Å². The van der Waals surface area contributed by atoms with Crippen molar-refractivity contribution in [1.82, 2.24) is 0 Å². The van der Waals surface area contributed by atoms with Gasteiger partial charge in [-0.25, -0.2) is 14.2 Å². The zero-order chi connectivity index (χ0) is 20.6. The van der Waals surface area contributed by atoms with Crippen molar-refractivity contribution < 1.29 is 31.5 Å². The van der Waals surface area contributed by atoms with Crippen LogP contribution < -0.4 is 0 Å². The summed E-state index contributed by atoms with van der Waals surface area (Å²) in [7, 11) is 0. The van der Waals surface area contributed by atoms with Crippen LogP contribution in [0.5, 0.6) is 0 Å². The Bertz CT molecular complexity index is 1160. The Labute approximate surface area is 161 Å². The third-order valence-corrected chi connectivity index (χ3v) is 4.07. The van der Waals surface area contributed by atoms with E-state index >= 15 is 0 Å². The summed E-state index contributed by atoms with van der Waals surface area (Å²) in [4.78, 5) is 16.0. The van der Waals surface area contributed by atoms with Crippen molar-refractivity contribution in [1.29, 1.82) is 0 Å². The number of hydrogen-bond acceptors (Lipinski definition) is 4. The Kier molecular flexibility index (Phi) is 4.54. The number of cyclic esters (lactones) is 1. The highest BCUT2D eigenvalue weighted by Crippen LogP contribution is 2.33. The van der Waals surface area contributed by atoms with Crippen molar-refractivity contribution in [3.63, 3.8) is 0 Å². The maximum atomic E-state index is 13.3. The fourth-order valence-corrected chi connectivity index (χ4v) is 2.72. The van der Waals surface area contributed by atoms with E-state index in [9.17, 15) is 22.4 Å². The number of halogens is 4. The van der Waals surface area contributed by atoms with Crippen LogP contribution in [0.2, 0.25) is 0 Å². The lowest BCUT2D eigenvalue weighted by Crippen LogP contribution is -2.05. The molecule has 0 amide bonds. The molecule has 2 aromatic carbocycles. The molecule has 0 unspecified atom stereocenters. The van der Waals surface area contributed by atoms with E-state index in [4.69, 9.17) is 9.15 Å². The molecule has 0 radical (unpaired) electrons. The highest BCUT2D eigenvalue weighted by molar-refractivity contribution is 6.12. The first-order valence-corrected chi connectivity index (χ1v) is 8.35. The first-order chi connectivity index (χ1) is 13.8. The Hall–Kier alpha value is -3.68. The summed E-state index contributed by atoms with van der Waals surface area (Å²) in [5.41, 5.74) is -0.336. The molecule has 1 aliphatic heterocycles. The van der Waals surface area contributed by atoms with Crippen molar-refractivity contribution in [3.8, 4) is 11.3 Å². The molecule has 29 heavy (non-hydrogen) atoms. The van der Waals surface area contributed by atoms with Crippen LogP contribution in [0.3, 0.4) is 0 Å². The lowest BCUT2D eigenvalue weighted by molar-refractivity contribution is -0.137. The van der Waals surface area contributed by atoms with E-state index < -0.39 is 23.5 Å². The van der Waals surface area contributed by atoms with Crippen LogP contribution in [-0.2, 0) is 15.7 Å². The van der Waals surface area contributed by atoms with Gasteiger partial charge >= 0.3 is 12.1 Å². The lowest BCUT2D eigenvalue weighted by Gasteiger charge is -2.07. The minimum absolute atomic E-state index is 0.0505. The number of hydrogen-bond donors (Lipinski definition) is 0. The van der Waals surface area contributed by atoms with Gasteiger partial charge in [0.1, 0.15) is 17.3 Å². The number of furan rings is 1. The molecule has 0 saturated heterocycles. The fourth-order valence-electron chi connectivity index (χ4n) is 2.72. The average Bonchev–Trinajstić information content (AvgIpc) is 3.29. The highest BCUT2D eigenvalue weighted by atomic mass is 19.4. The van der Waals surface area contributed by atoms with E-state index in [0.29, 0.717) is 5.56 Å². The zero-order valence-electron chi connectivity index (χ0n) is 14.5. The Morgan fingerprint density at radius 1 is 0.931 bits per heavy atom. The van der Waals surface area contributed by atoms with Gasteiger partial charge in [0, 0.05) is 17.2 Å². The number of benzene rings is 2. The van der Waals surface area contributed by atoms with Crippen molar-refractivity contribution >= 4 is 17.9 Å². The molecule has 2 heterocycles. The molecule has 1 aromatic heterocycles. The number of esters is 1. The number of aliphatic imine (C=N–C) groups is 1. The van der Waals surface area contributed by atoms with Gasteiger partial charge in [-0.3, -0.25) is 0 Å². The second-order valence-electron chi connectivity index (χ2n) is 6.13. The van der Waals surface area contributed by atoms with Crippen molar-refractivity contribution in [3.05, 3.63) is 89.1 Å². The Morgan fingerprint density at radius 3 is 2.45 bits per heavy atom. The van der Waals surface area contributed by atoms with Crippen LogP contribution >= 0.6 is 0 Å². The molecule has 4 nitrogen and oxygen atoms in total. The number of carbonyl (C=O) groups is 1. The van der Waals surface area contributed by atoms with Crippen molar-refractivity contribution in [2.24, 2.45) is 4.99 Å². The van der Waals surface area contributed by atoms with Gasteiger partial charge in [-0.15, -0.1) is 0 Å². The number of rotatable bonds is 3. The Balaban J connectivity index is 1.62. The monoisotopic (exact) mass is 401 g/mol. The second-order valence-corrected chi connectivity index (χ2v) is 6.13. The second kappa shape index (κ2) is 7.05. The van der Waals surface area contributed by atoms with Gasteiger partial charge in [0.05, 0.1) is 5.56 Å². The summed E-state index contributed by atoms with van der Waals surface area (Å²) in [6.45, 7) is 0. The molecule has 0 aliphatic carbocycles. The van der Waals surface area contributed by atoms with E-state index in [-0.39, 0.29) is 28.7 Å². The first-order valence-electron chi connectivity index (χ1n) is 8.35. The third kappa shape index (κ3) is 3.96. The molecule has 0 atom stereocenters. The summed E-state index contributed by atoms with van der Waals surface area (Å²) < 4.78 is 62.5. The smallest absolute Gasteiger partial charge is 0.416 e. The van der Waals surface area contributed by atoms with Gasteiger partial charge in [0.25, 0.3) is 0 Å². The number of carbonyl (C=O) groups excluding carboxylic acids is 1. The first kappa shape index (κ1) is 18.7. The van der Waals surface area contributed by atoms with E-state index in [1.807, 2.05) is 0 Å². The molecule has 0 bridgehead atoms. The molecule has 0 saturated carbocycles. The molecule has 146 valence electrons. The molecule has 8 heteroatoms. The van der Waals surface area contributed by atoms with Gasteiger partial charge in [0.2, 0.25) is 5.90 Å². The predicted octanol–water partition coefficient (Wildman–Crippen LogP) is 5.45. The van der Waals surface area contributed by atoms with Crippen molar-refractivity contribution in [2.45, 2.75) is 6.18 Å². The molecule has 0 fully saturated rings. The maximum absolute atomic E-state index is 13.3. The van der Waals surface area contributed by atoms with E-state index in [1.54, 1.807) is 0 Å². The largest absolute Gasteiger partial charge is 0.457 e. The van der Waals surface area contributed by atoms with Crippen LogP contribution in [0.25, 0.3) is 17.4 Å². The fraction of sp³-hybridized carbons (Fsp3) is 0.0476. The van der Waals surface area contributed by atoms with E-state index in [0.717, 1.165) is 12.1 Å². The number of ether oxygens (including phenoxy) is 1. The van der Waals surface area contributed by atoms with Gasteiger partial charge in [-0.05, 0) is 42.5 Å². The molecule has 1 aliphatic rings. The summed E-state index contributed by atoms with van der Waals surface area (Å²) in [5, 5.41) is 0. The molecule has 4 rings (SSSR count). The van der Waals surface area contributed by atoms with E-state index in [2.05, 4.69) is 4.99 Å². The van der Waals surface area contributed by atoms with Gasteiger partial charge < -0.3 is 9.15 Å². The van der Waals surface area contributed by atoms with Gasteiger partial charge in [0.15, 0.2) is 5.70 Å². The minimum Gasteiger partial charge on any atom is -0.457 e. The SMILES string of the molecule is O=C1OC(c2cccc(F)c2)=N/C1=C\c1ccc(-c2cccc(C(F)(F)F)c2)o1. The molecular weight excluding hydrogens is 390 g/mol. The maximum Gasteiger partial charge on any atom is 0.416 e. The van der Waals surface area contributed by atoms with Crippen LogP contribution in [-0.4, -0.2) is 11.9 Å². The summed E-state index contributed by atoms with van der Waals surface area (Å²) >= 11 is 0. The zero-order valence-corrected chi connectivity index (χ0v) is 14.5. The minimum atomic E-state index is -4.47. The summed E-state index contributed by atoms with van der Waals surface area (Å²) in [5.74, 6) is -0.903.